The van der Waals surface area contributed by atoms with Crippen LogP contribution in [0.3, 0.4) is 0 Å². The van der Waals surface area contributed by atoms with Gasteiger partial charge in [-0.25, -0.2) is 4.79 Å². The third kappa shape index (κ3) is 2.80. The van der Waals surface area contributed by atoms with Crippen molar-refractivity contribution in [2.45, 2.75) is 33.1 Å². The first-order valence-corrected chi connectivity index (χ1v) is 7.76. The molecule has 3 nitrogen and oxygen atoms in total. The van der Waals surface area contributed by atoms with E-state index in [0.717, 1.165) is 5.69 Å². The Labute approximate surface area is 147 Å². The fourth-order valence-electron chi connectivity index (χ4n) is 3.38. The third-order valence-electron chi connectivity index (χ3n) is 4.72. The lowest BCUT2D eigenvalue weighted by Gasteiger charge is -2.17. The number of benzene rings is 2. The van der Waals surface area contributed by atoms with Crippen molar-refractivity contribution in [2.75, 3.05) is 13.2 Å². The Kier molecular flexibility index (Phi) is 4.95. The summed E-state index contributed by atoms with van der Waals surface area (Å²) < 4.78 is 7.23. The minimum absolute atomic E-state index is 0. The van der Waals surface area contributed by atoms with Crippen molar-refractivity contribution in [1.29, 1.82) is 0 Å². The van der Waals surface area contributed by atoms with E-state index in [2.05, 4.69) is 61.7 Å². The van der Waals surface area contributed by atoms with Crippen LogP contribution in [-0.2, 0) is 14.9 Å². The van der Waals surface area contributed by atoms with E-state index in [-0.39, 0.29) is 34.9 Å². The fraction of sp³-hybridized carbons (Fsp3) is 0.368. The molecule has 1 aliphatic rings. The van der Waals surface area contributed by atoms with Crippen LogP contribution in [0.5, 0.6) is 0 Å². The summed E-state index contributed by atoms with van der Waals surface area (Å²) in [7, 11) is 0. The summed E-state index contributed by atoms with van der Waals surface area (Å²) in [5.41, 5.74) is 3.51. The number of rotatable bonds is 3. The molecule has 0 unspecified atom stereocenters. The first-order chi connectivity index (χ1) is 10.5. The molecule has 0 atom stereocenters. The molecule has 0 amide bonds. The molecule has 0 spiro atoms. The quantitative estimate of drug-likeness (QED) is 0.586. The van der Waals surface area contributed by atoms with Gasteiger partial charge in [-0.15, -0.1) is 0 Å². The van der Waals surface area contributed by atoms with E-state index in [1.807, 2.05) is 6.92 Å². The Morgan fingerprint density at radius 2 is 1.87 bits per heavy atom. The summed E-state index contributed by atoms with van der Waals surface area (Å²) in [5.74, 6) is -0.182. The molecule has 0 N–H and O–H groups in total. The van der Waals surface area contributed by atoms with Crippen molar-refractivity contribution >= 4 is 28.1 Å². The molecule has 0 saturated carbocycles. The van der Waals surface area contributed by atoms with Gasteiger partial charge in [-0.2, -0.15) is 4.58 Å². The van der Waals surface area contributed by atoms with Gasteiger partial charge in [-0.3, -0.25) is 0 Å². The lowest BCUT2D eigenvalue weighted by molar-refractivity contribution is -0.429. The molecule has 3 rings (SSSR count). The van der Waals surface area contributed by atoms with Crippen LogP contribution in [0, 0.1) is 0 Å². The van der Waals surface area contributed by atoms with Crippen LogP contribution < -0.4 is 17.0 Å². The Morgan fingerprint density at radius 1 is 1.17 bits per heavy atom. The summed E-state index contributed by atoms with van der Waals surface area (Å²) in [4.78, 5) is 12.0. The highest BCUT2D eigenvalue weighted by Gasteiger charge is 2.44. The molecule has 0 radical (unpaired) electrons. The van der Waals surface area contributed by atoms with Gasteiger partial charge in [0.2, 0.25) is 12.2 Å². The second kappa shape index (κ2) is 6.44. The van der Waals surface area contributed by atoms with Gasteiger partial charge in [0, 0.05) is 18.6 Å². The van der Waals surface area contributed by atoms with Gasteiger partial charge in [-0.05, 0) is 37.6 Å². The van der Waals surface area contributed by atoms with E-state index in [0.29, 0.717) is 6.61 Å². The molecule has 122 valence electrons. The van der Waals surface area contributed by atoms with Gasteiger partial charge < -0.3 is 21.7 Å². The lowest BCUT2D eigenvalue weighted by Crippen LogP contribution is -3.00. The summed E-state index contributed by atoms with van der Waals surface area (Å²) in [6, 6.07) is 12.7. The monoisotopic (exact) mass is 375 g/mol. The van der Waals surface area contributed by atoms with Crippen molar-refractivity contribution in [2.24, 2.45) is 0 Å². The molecule has 2 aromatic rings. The second-order valence-corrected chi connectivity index (χ2v) is 6.28. The smallest absolute Gasteiger partial charge is 0.372 e. The number of carbonyl (C=O) groups excluding carboxylic acids is 1. The zero-order chi connectivity index (χ0) is 15.9. The number of carbonyl (C=O) groups is 1. The van der Waals surface area contributed by atoms with E-state index in [9.17, 15) is 4.79 Å². The minimum atomic E-state index is -0.182. The number of halogens is 1. The molecule has 2 aromatic carbocycles. The second-order valence-electron chi connectivity index (χ2n) is 6.28. The largest absolute Gasteiger partial charge is 1.00 e. The SMILES string of the molecule is CCOC(=O)C[N+]1=C(C)C(C)(C)c2c1ccc1ccccc21.[Br-]. The van der Waals surface area contributed by atoms with Gasteiger partial charge in [0.1, 0.15) is 0 Å². The van der Waals surface area contributed by atoms with Crippen LogP contribution in [-0.4, -0.2) is 29.4 Å². The molecule has 0 fully saturated rings. The predicted molar refractivity (Wildman–Crippen MR) is 89.1 cm³/mol. The van der Waals surface area contributed by atoms with Crippen molar-refractivity contribution in [3.63, 3.8) is 0 Å². The highest BCUT2D eigenvalue weighted by molar-refractivity contribution is 6.02. The maximum atomic E-state index is 12.0. The zero-order valence-electron chi connectivity index (χ0n) is 14.0. The topological polar surface area (TPSA) is 29.3 Å². The van der Waals surface area contributed by atoms with E-state index >= 15 is 0 Å². The molecule has 0 saturated heterocycles. The Balaban J connectivity index is 0.00000192. The first kappa shape index (κ1) is 17.7. The molecule has 1 aliphatic heterocycles. The maximum absolute atomic E-state index is 12.0. The average molecular weight is 376 g/mol. The summed E-state index contributed by atoms with van der Waals surface area (Å²) in [6.07, 6.45) is 0. The number of hydrogen-bond donors (Lipinski definition) is 0. The van der Waals surface area contributed by atoms with Gasteiger partial charge in [-0.1, -0.05) is 24.3 Å². The Bertz CT molecular complexity index is 793. The fourth-order valence-corrected chi connectivity index (χ4v) is 3.38. The van der Waals surface area contributed by atoms with Crippen LogP contribution in [0.2, 0.25) is 0 Å². The van der Waals surface area contributed by atoms with Crippen LogP contribution in [0.25, 0.3) is 10.8 Å². The van der Waals surface area contributed by atoms with Crippen molar-refractivity contribution < 1.29 is 31.1 Å². The molecule has 4 heteroatoms. The minimum Gasteiger partial charge on any atom is -1.00 e. The highest BCUT2D eigenvalue weighted by Crippen LogP contribution is 2.43. The van der Waals surface area contributed by atoms with Crippen molar-refractivity contribution in [3.05, 3.63) is 42.0 Å². The highest BCUT2D eigenvalue weighted by atomic mass is 79.9. The van der Waals surface area contributed by atoms with E-state index < -0.39 is 0 Å². The number of esters is 1. The van der Waals surface area contributed by atoms with Crippen LogP contribution >= 0.6 is 0 Å². The Morgan fingerprint density at radius 3 is 2.57 bits per heavy atom. The summed E-state index contributed by atoms with van der Waals surface area (Å²) in [6.45, 7) is 9.07. The molecular weight excluding hydrogens is 354 g/mol. The summed E-state index contributed by atoms with van der Waals surface area (Å²) >= 11 is 0. The lowest BCUT2D eigenvalue weighted by atomic mass is 9.80. The van der Waals surface area contributed by atoms with E-state index in [1.54, 1.807) is 0 Å². The number of fused-ring (bicyclic) bond motifs is 3. The van der Waals surface area contributed by atoms with Crippen molar-refractivity contribution in [1.82, 2.24) is 0 Å². The summed E-state index contributed by atoms with van der Waals surface area (Å²) in [5, 5.41) is 2.50. The molecule has 0 bridgehead atoms. The zero-order valence-corrected chi connectivity index (χ0v) is 15.6. The maximum Gasteiger partial charge on any atom is 0.372 e. The van der Waals surface area contributed by atoms with Gasteiger partial charge in [0.05, 0.1) is 12.0 Å². The molecule has 0 aliphatic carbocycles. The normalized spacial score (nSPS) is 15.3. The van der Waals surface area contributed by atoms with Crippen LogP contribution in [0.1, 0.15) is 33.3 Å². The van der Waals surface area contributed by atoms with Crippen LogP contribution in [0.4, 0.5) is 5.69 Å². The number of nitrogens with zero attached hydrogens (tertiary/aromatic N) is 1. The molecular formula is C19H22BrNO2. The standard InChI is InChI=1S/C19H22NO2.BrH/c1-5-22-17(21)12-20-13(2)19(3,4)18-15-9-7-6-8-14(15)10-11-16(18)20;/h6-11H,5,12H2,1-4H3;1H/q+1;/p-1. The van der Waals surface area contributed by atoms with Gasteiger partial charge in [0.25, 0.3) is 0 Å². The van der Waals surface area contributed by atoms with E-state index in [4.69, 9.17) is 4.74 Å². The predicted octanol–water partition coefficient (Wildman–Crippen LogP) is 0.803. The van der Waals surface area contributed by atoms with Gasteiger partial charge in [0.15, 0.2) is 5.71 Å². The number of hydrogen-bond acceptors (Lipinski definition) is 2. The third-order valence-corrected chi connectivity index (χ3v) is 4.72. The number of ether oxygens (including phenoxy) is 1. The Hall–Kier alpha value is -1.68. The van der Waals surface area contributed by atoms with E-state index in [1.165, 1.54) is 22.0 Å². The first-order valence-electron chi connectivity index (χ1n) is 7.76. The molecule has 1 heterocycles. The van der Waals surface area contributed by atoms with Gasteiger partial charge >= 0.3 is 5.97 Å². The molecule has 23 heavy (non-hydrogen) atoms. The van der Waals surface area contributed by atoms with Crippen LogP contribution in [0.15, 0.2) is 36.4 Å². The van der Waals surface area contributed by atoms with Crippen molar-refractivity contribution in [3.8, 4) is 0 Å². The average Bonchev–Trinajstić information content (AvgIpc) is 2.69. The molecule has 0 aromatic heterocycles.